The Morgan fingerprint density at radius 1 is 1.38 bits per heavy atom. The number of aromatic nitrogens is 2. The molecule has 0 saturated carbocycles. The van der Waals surface area contributed by atoms with Crippen molar-refractivity contribution in [3.05, 3.63) is 17.0 Å². The molecule has 0 aromatic carbocycles. The molecule has 0 radical (unpaired) electrons. The number of nitrogens with two attached hydrogens (primary N) is 1. The first-order chi connectivity index (χ1) is 7.72. The molecule has 1 aromatic heterocycles. The van der Waals surface area contributed by atoms with Crippen LogP contribution < -0.4 is 10.6 Å². The number of anilines is 1. The molecule has 16 heavy (non-hydrogen) atoms. The number of hydrogen-bond donors (Lipinski definition) is 1. The Morgan fingerprint density at radius 3 is 2.94 bits per heavy atom. The van der Waals surface area contributed by atoms with Crippen LogP contribution in [0.1, 0.15) is 23.4 Å². The highest BCUT2D eigenvalue weighted by atomic mass is 16.5. The van der Waals surface area contributed by atoms with Crippen molar-refractivity contribution in [2.45, 2.75) is 26.6 Å². The van der Waals surface area contributed by atoms with E-state index in [1.54, 1.807) is 0 Å². The van der Waals surface area contributed by atoms with Gasteiger partial charge in [0.05, 0.1) is 18.9 Å². The molecule has 0 aliphatic carbocycles. The molecule has 5 heteroatoms. The standard InChI is InChI=1S/C11H18N4O/c1-8-9-6-16-7-10(9)14-11(13-8)15(2)5-3-4-12/h3-7,12H2,1-2H3. The van der Waals surface area contributed by atoms with E-state index in [1.807, 2.05) is 18.9 Å². The highest BCUT2D eigenvalue weighted by molar-refractivity contribution is 5.36. The molecule has 2 heterocycles. The molecular weight excluding hydrogens is 204 g/mol. The molecule has 0 fully saturated rings. The number of rotatable bonds is 4. The molecule has 0 amide bonds. The summed E-state index contributed by atoms with van der Waals surface area (Å²) in [5, 5.41) is 0. The normalized spacial score (nSPS) is 13.9. The van der Waals surface area contributed by atoms with Crippen LogP contribution in [0, 0.1) is 6.92 Å². The lowest BCUT2D eigenvalue weighted by Crippen LogP contribution is -2.24. The zero-order valence-corrected chi connectivity index (χ0v) is 9.86. The molecule has 1 aliphatic rings. The smallest absolute Gasteiger partial charge is 0.225 e. The third-order valence-corrected chi connectivity index (χ3v) is 2.81. The molecule has 0 unspecified atom stereocenters. The maximum atomic E-state index is 5.49. The number of fused-ring (bicyclic) bond motifs is 1. The SMILES string of the molecule is Cc1nc(N(C)CCCN)nc2c1COC2. The lowest BCUT2D eigenvalue weighted by atomic mass is 10.2. The largest absolute Gasteiger partial charge is 0.370 e. The summed E-state index contributed by atoms with van der Waals surface area (Å²) >= 11 is 0. The minimum Gasteiger partial charge on any atom is -0.370 e. The summed E-state index contributed by atoms with van der Waals surface area (Å²) in [5.41, 5.74) is 8.69. The van der Waals surface area contributed by atoms with Crippen molar-refractivity contribution in [1.82, 2.24) is 9.97 Å². The quantitative estimate of drug-likeness (QED) is 0.808. The second-order valence-corrected chi connectivity index (χ2v) is 4.09. The van der Waals surface area contributed by atoms with Crippen molar-refractivity contribution in [2.75, 3.05) is 25.0 Å². The maximum absolute atomic E-state index is 5.49. The van der Waals surface area contributed by atoms with E-state index in [0.29, 0.717) is 19.8 Å². The first kappa shape index (κ1) is 11.3. The van der Waals surface area contributed by atoms with Crippen molar-refractivity contribution in [3.8, 4) is 0 Å². The Kier molecular flexibility index (Phi) is 3.36. The molecule has 1 aliphatic heterocycles. The first-order valence-electron chi connectivity index (χ1n) is 5.57. The van der Waals surface area contributed by atoms with Gasteiger partial charge in [-0.15, -0.1) is 0 Å². The van der Waals surface area contributed by atoms with Crippen LogP contribution in [0.15, 0.2) is 0 Å². The molecule has 88 valence electrons. The van der Waals surface area contributed by atoms with E-state index in [4.69, 9.17) is 10.5 Å². The summed E-state index contributed by atoms with van der Waals surface area (Å²) in [5.74, 6) is 0.773. The van der Waals surface area contributed by atoms with Gasteiger partial charge in [0, 0.05) is 24.8 Å². The van der Waals surface area contributed by atoms with Gasteiger partial charge in [0.15, 0.2) is 0 Å². The third-order valence-electron chi connectivity index (χ3n) is 2.81. The average molecular weight is 222 g/mol. The molecule has 2 rings (SSSR count). The third kappa shape index (κ3) is 2.15. The molecule has 0 spiro atoms. The van der Waals surface area contributed by atoms with Crippen LogP contribution in [0.2, 0.25) is 0 Å². The molecular formula is C11H18N4O. The summed E-state index contributed by atoms with van der Waals surface area (Å²) in [7, 11) is 1.99. The van der Waals surface area contributed by atoms with E-state index in [2.05, 4.69) is 9.97 Å². The number of ether oxygens (including phenoxy) is 1. The van der Waals surface area contributed by atoms with Gasteiger partial charge in [-0.05, 0) is 19.9 Å². The van der Waals surface area contributed by atoms with Crippen molar-refractivity contribution in [3.63, 3.8) is 0 Å². The molecule has 5 nitrogen and oxygen atoms in total. The summed E-state index contributed by atoms with van der Waals surface area (Å²) < 4.78 is 5.37. The Balaban J connectivity index is 2.19. The van der Waals surface area contributed by atoms with Gasteiger partial charge in [0.2, 0.25) is 5.95 Å². The van der Waals surface area contributed by atoms with Crippen LogP contribution in [0.5, 0.6) is 0 Å². The molecule has 0 saturated heterocycles. The second-order valence-electron chi connectivity index (χ2n) is 4.09. The summed E-state index contributed by atoms with van der Waals surface area (Å²) in [4.78, 5) is 11.0. The van der Waals surface area contributed by atoms with Crippen LogP contribution in [0.3, 0.4) is 0 Å². The highest BCUT2D eigenvalue weighted by Gasteiger charge is 2.18. The van der Waals surface area contributed by atoms with E-state index in [9.17, 15) is 0 Å². The zero-order valence-electron chi connectivity index (χ0n) is 9.86. The van der Waals surface area contributed by atoms with Crippen molar-refractivity contribution in [2.24, 2.45) is 5.73 Å². The fourth-order valence-corrected chi connectivity index (χ4v) is 1.80. The van der Waals surface area contributed by atoms with Gasteiger partial charge in [0.1, 0.15) is 0 Å². The van der Waals surface area contributed by atoms with Crippen LogP contribution in [0.25, 0.3) is 0 Å². The van der Waals surface area contributed by atoms with Crippen molar-refractivity contribution >= 4 is 5.95 Å². The van der Waals surface area contributed by atoms with E-state index >= 15 is 0 Å². The van der Waals surface area contributed by atoms with Crippen molar-refractivity contribution in [1.29, 1.82) is 0 Å². The monoisotopic (exact) mass is 222 g/mol. The Hall–Kier alpha value is -1.20. The zero-order chi connectivity index (χ0) is 11.5. The predicted octanol–water partition coefficient (Wildman–Crippen LogP) is 0.600. The first-order valence-corrected chi connectivity index (χ1v) is 5.57. The van der Waals surface area contributed by atoms with E-state index in [1.165, 1.54) is 0 Å². The highest BCUT2D eigenvalue weighted by Crippen LogP contribution is 2.22. The molecule has 0 atom stereocenters. The average Bonchev–Trinajstić information content (AvgIpc) is 2.74. The fourth-order valence-electron chi connectivity index (χ4n) is 1.80. The van der Waals surface area contributed by atoms with E-state index in [-0.39, 0.29) is 0 Å². The topological polar surface area (TPSA) is 64.3 Å². The summed E-state index contributed by atoms with van der Waals surface area (Å²) in [6.07, 6.45) is 0.951. The lowest BCUT2D eigenvalue weighted by molar-refractivity contribution is 0.133. The summed E-state index contributed by atoms with van der Waals surface area (Å²) in [6, 6.07) is 0. The Bertz CT molecular complexity index is 380. The molecule has 0 bridgehead atoms. The second kappa shape index (κ2) is 4.76. The van der Waals surface area contributed by atoms with E-state index < -0.39 is 0 Å². The van der Waals surface area contributed by atoms with Gasteiger partial charge < -0.3 is 15.4 Å². The number of hydrogen-bond acceptors (Lipinski definition) is 5. The van der Waals surface area contributed by atoms with Gasteiger partial charge in [-0.25, -0.2) is 9.97 Å². The van der Waals surface area contributed by atoms with Crippen LogP contribution in [-0.4, -0.2) is 30.1 Å². The van der Waals surface area contributed by atoms with Crippen LogP contribution >= 0.6 is 0 Å². The van der Waals surface area contributed by atoms with Gasteiger partial charge in [0.25, 0.3) is 0 Å². The Morgan fingerprint density at radius 2 is 2.19 bits per heavy atom. The maximum Gasteiger partial charge on any atom is 0.225 e. The predicted molar refractivity (Wildman–Crippen MR) is 62.2 cm³/mol. The summed E-state index contributed by atoms with van der Waals surface area (Å²) in [6.45, 7) is 4.84. The minimum absolute atomic E-state index is 0.608. The molecule has 1 aromatic rings. The van der Waals surface area contributed by atoms with Crippen LogP contribution in [0.4, 0.5) is 5.95 Å². The van der Waals surface area contributed by atoms with Crippen LogP contribution in [-0.2, 0) is 18.0 Å². The van der Waals surface area contributed by atoms with Gasteiger partial charge in [-0.2, -0.15) is 0 Å². The number of aryl methyl sites for hydroxylation is 1. The molecule has 2 N–H and O–H groups in total. The van der Waals surface area contributed by atoms with E-state index in [0.717, 1.165) is 35.9 Å². The lowest BCUT2D eigenvalue weighted by Gasteiger charge is -2.17. The van der Waals surface area contributed by atoms with Crippen molar-refractivity contribution < 1.29 is 4.74 Å². The Labute approximate surface area is 95.6 Å². The van der Waals surface area contributed by atoms with Gasteiger partial charge in [-0.1, -0.05) is 0 Å². The minimum atomic E-state index is 0.608. The fraction of sp³-hybridized carbons (Fsp3) is 0.636. The number of nitrogens with zero attached hydrogens (tertiary/aromatic N) is 3. The van der Waals surface area contributed by atoms with Gasteiger partial charge in [-0.3, -0.25) is 0 Å². The van der Waals surface area contributed by atoms with Gasteiger partial charge >= 0.3 is 0 Å².